The average Bonchev–Trinajstić information content (AvgIpc) is 1.27. The van der Waals surface area contributed by atoms with E-state index in [1.165, 1.54) is 11.8 Å². The van der Waals surface area contributed by atoms with Crippen molar-refractivity contribution in [3.63, 3.8) is 0 Å². The van der Waals surface area contributed by atoms with Gasteiger partial charge in [-0.2, -0.15) is 0 Å². The van der Waals surface area contributed by atoms with E-state index in [0.717, 1.165) is 0 Å². The van der Waals surface area contributed by atoms with Crippen LogP contribution in [0.25, 0.3) is 0 Å². The zero-order valence-corrected chi connectivity index (χ0v) is 6.10. The monoisotopic (exact) mass is 143 g/mol. The van der Waals surface area contributed by atoms with E-state index >= 15 is 0 Å². The van der Waals surface area contributed by atoms with Crippen LogP contribution in [-0.4, -0.2) is 28.4 Å². The topological polar surface area (TPSA) is 26.0 Å². The van der Waals surface area contributed by atoms with Crippen LogP contribution >= 0.6 is 24.0 Å². The molecule has 0 saturated carbocycles. The van der Waals surface area contributed by atoms with E-state index in [1.54, 1.807) is 0 Å². The van der Waals surface area contributed by atoms with Crippen molar-refractivity contribution in [2.45, 2.75) is 19.1 Å². The van der Waals surface area contributed by atoms with Gasteiger partial charge in [0.05, 0.1) is 0 Å². The summed E-state index contributed by atoms with van der Waals surface area (Å²) in [6, 6.07) is 0. The SMILES string of the molecule is CC(C)SC(N)=S.[LiH]. The summed E-state index contributed by atoms with van der Waals surface area (Å²) in [6.07, 6.45) is 0. The number of thioether (sulfide) groups is 1. The Kier molecular flexibility index (Phi) is 8.66. The van der Waals surface area contributed by atoms with E-state index in [0.29, 0.717) is 9.57 Å². The summed E-state index contributed by atoms with van der Waals surface area (Å²) in [5, 5.41) is 0.525. The molecular formula is C4H10LiNS2. The van der Waals surface area contributed by atoms with E-state index in [1.807, 2.05) is 0 Å². The predicted molar refractivity (Wildman–Crippen MR) is 46.7 cm³/mol. The molecule has 0 aliphatic heterocycles. The first kappa shape index (κ1) is 11.6. The van der Waals surface area contributed by atoms with E-state index < -0.39 is 0 Å². The number of rotatable bonds is 1. The Morgan fingerprint density at radius 2 is 2.00 bits per heavy atom. The van der Waals surface area contributed by atoms with Crippen LogP contribution in [0.1, 0.15) is 13.8 Å². The Labute approximate surface area is 72.0 Å². The summed E-state index contributed by atoms with van der Waals surface area (Å²) in [5.74, 6) is 0. The predicted octanol–water partition coefficient (Wildman–Crippen LogP) is 0.723. The van der Waals surface area contributed by atoms with E-state index in [9.17, 15) is 0 Å². The molecule has 0 heterocycles. The normalized spacial score (nSPS) is 8.38. The second kappa shape index (κ2) is 5.96. The molecule has 44 valence electrons. The molecule has 0 aromatic heterocycles. The van der Waals surface area contributed by atoms with E-state index in [2.05, 4.69) is 26.1 Å². The zero-order valence-electron chi connectivity index (χ0n) is 4.47. The molecule has 0 unspecified atom stereocenters. The van der Waals surface area contributed by atoms with E-state index in [-0.39, 0.29) is 18.9 Å². The summed E-state index contributed by atoms with van der Waals surface area (Å²) in [4.78, 5) is 0. The molecule has 1 nitrogen and oxygen atoms in total. The third-order valence-corrected chi connectivity index (χ3v) is 1.34. The molecule has 0 aliphatic rings. The van der Waals surface area contributed by atoms with Crippen molar-refractivity contribution in [2.24, 2.45) is 5.73 Å². The van der Waals surface area contributed by atoms with Crippen LogP contribution in [0.4, 0.5) is 0 Å². The Bertz CT molecular complexity index is 74.4. The van der Waals surface area contributed by atoms with Crippen molar-refractivity contribution in [1.82, 2.24) is 0 Å². The summed E-state index contributed by atoms with van der Waals surface area (Å²) in [6.45, 7) is 4.12. The molecule has 0 saturated heterocycles. The second-order valence-electron chi connectivity index (χ2n) is 1.49. The van der Waals surface area contributed by atoms with Crippen molar-refractivity contribution in [3.8, 4) is 0 Å². The Morgan fingerprint density at radius 1 is 1.62 bits per heavy atom. The molecule has 0 aliphatic carbocycles. The van der Waals surface area contributed by atoms with Gasteiger partial charge in [-0.3, -0.25) is 0 Å². The second-order valence-corrected chi connectivity index (χ2v) is 3.80. The van der Waals surface area contributed by atoms with Gasteiger partial charge in [-0.15, -0.1) is 0 Å². The molecule has 0 rings (SSSR count). The summed E-state index contributed by atoms with van der Waals surface area (Å²) < 4.78 is 0.537. The fraction of sp³-hybridized carbons (Fsp3) is 0.750. The van der Waals surface area contributed by atoms with Gasteiger partial charge in [0.1, 0.15) is 4.32 Å². The molecule has 0 amide bonds. The van der Waals surface area contributed by atoms with Gasteiger partial charge in [0, 0.05) is 5.25 Å². The zero-order chi connectivity index (χ0) is 5.86. The summed E-state index contributed by atoms with van der Waals surface area (Å²) in [7, 11) is 0. The molecule has 0 aromatic rings. The van der Waals surface area contributed by atoms with Crippen LogP contribution in [-0.2, 0) is 0 Å². The number of nitrogens with two attached hydrogens (primary N) is 1. The minimum absolute atomic E-state index is 0. The van der Waals surface area contributed by atoms with Crippen LogP contribution in [0.2, 0.25) is 0 Å². The molecule has 0 radical (unpaired) electrons. The molecule has 0 bridgehead atoms. The van der Waals surface area contributed by atoms with Crippen LogP contribution in [0.3, 0.4) is 0 Å². The van der Waals surface area contributed by atoms with Gasteiger partial charge in [0.2, 0.25) is 0 Å². The molecule has 8 heavy (non-hydrogen) atoms. The molecule has 0 fully saturated rings. The van der Waals surface area contributed by atoms with Gasteiger partial charge in [0.15, 0.2) is 0 Å². The standard InChI is InChI=1S/C4H9NS2.Li.H/c1-3(2)7-4(5)6;;/h3H,1-2H3,(H2,5,6);;. The van der Waals surface area contributed by atoms with Gasteiger partial charge in [-0.1, -0.05) is 37.8 Å². The van der Waals surface area contributed by atoms with Crippen LogP contribution in [0.5, 0.6) is 0 Å². The van der Waals surface area contributed by atoms with E-state index in [4.69, 9.17) is 5.73 Å². The number of hydrogen-bond acceptors (Lipinski definition) is 2. The molecule has 0 spiro atoms. The Morgan fingerprint density at radius 3 is 2.00 bits per heavy atom. The maximum absolute atomic E-state index is 5.19. The first-order valence-corrected chi connectivity index (χ1v) is 3.38. The molecular weight excluding hydrogens is 133 g/mol. The van der Waals surface area contributed by atoms with Crippen molar-refractivity contribution in [1.29, 1.82) is 0 Å². The van der Waals surface area contributed by atoms with Crippen LogP contribution in [0.15, 0.2) is 0 Å². The van der Waals surface area contributed by atoms with Gasteiger partial charge >= 0.3 is 18.9 Å². The first-order valence-electron chi connectivity index (χ1n) is 2.09. The third kappa shape index (κ3) is 9.96. The van der Waals surface area contributed by atoms with Crippen molar-refractivity contribution < 1.29 is 0 Å². The van der Waals surface area contributed by atoms with Crippen molar-refractivity contribution >= 4 is 47.2 Å². The van der Waals surface area contributed by atoms with Crippen molar-refractivity contribution in [3.05, 3.63) is 0 Å². The quantitative estimate of drug-likeness (QED) is 0.433. The number of hydrogen-bond donors (Lipinski definition) is 1. The molecule has 4 heteroatoms. The van der Waals surface area contributed by atoms with Gasteiger partial charge in [0.25, 0.3) is 0 Å². The van der Waals surface area contributed by atoms with Gasteiger partial charge < -0.3 is 5.73 Å². The molecule has 2 N–H and O–H groups in total. The first-order chi connectivity index (χ1) is 3.13. The van der Waals surface area contributed by atoms with Gasteiger partial charge in [-0.25, -0.2) is 0 Å². The summed E-state index contributed by atoms with van der Waals surface area (Å²) in [5.41, 5.74) is 5.19. The van der Waals surface area contributed by atoms with Crippen molar-refractivity contribution in [2.75, 3.05) is 0 Å². The third-order valence-electron chi connectivity index (χ3n) is 0.352. The van der Waals surface area contributed by atoms with Crippen LogP contribution in [0, 0.1) is 0 Å². The Hall–Kier alpha value is 0.837. The maximum atomic E-state index is 5.19. The minimum atomic E-state index is 0. The summed E-state index contributed by atoms with van der Waals surface area (Å²) >= 11 is 6.13. The fourth-order valence-corrected chi connectivity index (χ4v) is 1.27. The fourth-order valence-electron chi connectivity index (χ4n) is 0.232. The Balaban J connectivity index is 0. The molecule has 0 atom stereocenters. The average molecular weight is 143 g/mol. The van der Waals surface area contributed by atoms with Crippen LogP contribution < -0.4 is 5.73 Å². The molecule has 0 aromatic carbocycles. The number of thiocarbonyl (C=S) groups is 1. The van der Waals surface area contributed by atoms with Gasteiger partial charge in [-0.05, 0) is 0 Å².